The van der Waals surface area contributed by atoms with E-state index in [1.807, 2.05) is 0 Å². The quantitative estimate of drug-likeness (QED) is 0.720. The third-order valence-electron chi connectivity index (χ3n) is 3.94. The highest BCUT2D eigenvalue weighted by Gasteiger charge is 2.27. The first-order valence-corrected chi connectivity index (χ1v) is 7.02. The molecule has 1 aliphatic rings. The van der Waals surface area contributed by atoms with Gasteiger partial charge in [-0.1, -0.05) is 13.8 Å². The molecule has 102 valence electrons. The standard InChI is InChI=1S/C14H30N2O/c1-14(2)8-6-12(7-9-14)16-13(11-17-3)5-4-10-15/h12-13,16H,4-11,15H2,1-3H3. The van der Waals surface area contributed by atoms with Gasteiger partial charge in [0.05, 0.1) is 6.61 Å². The van der Waals surface area contributed by atoms with Gasteiger partial charge in [0.25, 0.3) is 0 Å². The summed E-state index contributed by atoms with van der Waals surface area (Å²) in [5.41, 5.74) is 6.12. The lowest BCUT2D eigenvalue weighted by atomic mass is 9.75. The molecule has 0 aromatic rings. The Morgan fingerprint density at radius 1 is 1.35 bits per heavy atom. The molecule has 1 aliphatic carbocycles. The SMILES string of the molecule is COCC(CCCN)NC1CCC(C)(C)CC1. The molecule has 0 spiro atoms. The van der Waals surface area contributed by atoms with Crippen LogP contribution in [0.4, 0.5) is 0 Å². The second-order valence-corrected chi connectivity index (χ2v) is 6.19. The Balaban J connectivity index is 2.29. The van der Waals surface area contributed by atoms with Gasteiger partial charge >= 0.3 is 0 Å². The zero-order chi connectivity index (χ0) is 12.7. The molecule has 0 amide bonds. The Morgan fingerprint density at radius 3 is 2.53 bits per heavy atom. The Kier molecular flexibility index (Phi) is 6.45. The molecule has 1 rings (SSSR count). The average Bonchev–Trinajstić information content (AvgIpc) is 2.29. The predicted octanol–water partition coefficient (Wildman–Crippen LogP) is 2.30. The lowest BCUT2D eigenvalue weighted by Gasteiger charge is -2.36. The maximum Gasteiger partial charge on any atom is 0.0615 e. The van der Waals surface area contributed by atoms with Gasteiger partial charge in [0.15, 0.2) is 0 Å². The van der Waals surface area contributed by atoms with E-state index in [4.69, 9.17) is 10.5 Å². The summed E-state index contributed by atoms with van der Waals surface area (Å²) in [5, 5.41) is 3.75. The van der Waals surface area contributed by atoms with Gasteiger partial charge in [0, 0.05) is 19.2 Å². The fourth-order valence-electron chi connectivity index (χ4n) is 2.68. The first kappa shape index (κ1) is 14.9. The molecule has 3 nitrogen and oxygen atoms in total. The minimum atomic E-state index is 0.481. The lowest BCUT2D eigenvalue weighted by molar-refractivity contribution is 0.137. The second kappa shape index (κ2) is 7.34. The molecular weight excluding hydrogens is 212 g/mol. The predicted molar refractivity (Wildman–Crippen MR) is 73.1 cm³/mol. The lowest BCUT2D eigenvalue weighted by Crippen LogP contribution is -2.44. The summed E-state index contributed by atoms with van der Waals surface area (Å²) in [7, 11) is 1.78. The zero-order valence-corrected chi connectivity index (χ0v) is 11.8. The second-order valence-electron chi connectivity index (χ2n) is 6.19. The van der Waals surface area contributed by atoms with Crippen LogP contribution in [0.3, 0.4) is 0 Å². The summed E-state index contributed by atoms with van der Waals surface area (Å²) in [4.78, 5) is 0. The third kappa shape index (κ3) is 5.84. The van der Waals surface area contributed by atoms with Gasteiger partial charge < -0.3 is 15.8 Å². The van der Waals surface area contributed by atoms with E-state index in [0.29, 0.717) is 17.5 Å². The van der Waals surface area contributed by atoms with Crippen molar-refractivity contribution in [1.82, 2.24) is 5.32 Å². The van der Waals surface area contributed by atoms with E-state index >= 15 is 0 Å². The highest BCUT2D eigenvalue weighted by molar-refractivity contribution is 4.84. The maximum atomic E-state index is 5.57. The van der Waals surface area contributed by atoms with Gasteiger partial charge in [-0.3, -0.25) is 0 Å². The number of nitrogens with one attached hydrogen (secondary N) is 1. The Bertz CT molecular complexity index is 196. The summed E-state index contributed by atoms with van der Waals surface area (Å²) >= 11 is 0. The fraction of sp³-hybridized carbons (Fsp3) is 1.00. The molecule has 0 aliphatic heterocycles. The van der Waals surface area contributed by atoms with E-state index in [1.54, 1.807) is 7.11 Å². The Labute approximate surface area is 106 Å². The molecular formula is C14H30N2O. The average molecular weight is 242 g/mol. The molecule has 0 saturated heterocycles. The van der Waals surface area contributed by atoms with Crippen LogP contribution in [-0.2, 0) is 4.74 Å². The highest BCUT2D eigenvalue weighted by atomic mass is 16.5. The number of hydrogen-bond acceptors (Lipinski definition) is 3. The molecule has 0 heterocycles. The smallest absolute Gasteiger partial charge is 0.0615 e. The Morgan fingerprint density at radius 2 is 2.00 bits per heavy atom. The normalized spacial score (nSPS) is 22.6. The van der Waals surface area contributed by atoms with Gasteiger partial charge in [-0.25, -0.2) is 0 Å². The molecule has 0 aromatic carbocycles. The number of rotatable bonds is 7. The molecule has 1 fully saturated rings. The largest absolute Gasteiger partial charge is 0.383 e. The van der Waals surface area contributed by atoms with E-state index in [9.17, 15) is 0 Å². The topological polar surface area (TPSA) is 47.3 Å². The van der Waals surface area contributed by atoms with E-state index in [1.165, 1.54) is 25.7 Å². The minimum Gasteiger partial charge on any atom is -0.383 e. The third-order valence-corrected chi connectivity index (χ3v) is 3.94. The van der Waals surface area contributed by atoms with Crippen LogP contribution in [0.5, 0.6) is 0 Å². The first-order chi connectivity index (χ1) is 8.07. The molecule has 1 saturated carbocycles. The number of methoxy groups -OCH3 is 1. The molecule has 1 unspecified atom stereocenters. The van der Waals surface area contributed by atoms with Crippen LogP contribution in [0.2, 0.25) is 0 Å². The summed E-state index contributed by atoms with van der Waals surface area (Å²) in [6.45, 7) is 6.34. The van der Waals surface area contributed by atoms with Gasteiger partial charge in [0.2, 0.25) is 0 Å². The molecule has 0 radical (unpaired) electrons. The zero-order valence-electron chi connectivity index (χ0n) is 11.8. The number of nitrogens with two attached hydrogens (primary N) is 1. The van der Waals surface area contributed by atoms with Crippen molar-refractivity contribution < 1.29 is 4.74 Å². The van der Waals surface area contributed by atoms with Crippen molar-refractivity contribution >= 4 is 0 Å². The molecule has 3 N–H and O–H groups in total. The molecule has 0 aromatic heterocycles. The van der Waals surface area contributed by atoms with Crippen molar-refractivity contribution in [3.63, 3.8) is 0 Å². The fourth-order valence-corrected chi connectivity index (χ4v) is 2.68. The van der Waals surface area contributed by atoms with Crippen LogP contribution in [0.1, 0.15) is 52.4 Å². The van der Waals surface area contributed by atoms with Crippen molar-refractivity contribution in [3.8, 4) is 0 Å². The summed E-state index contributed by atoms with van der Waals surface area (Å²) in [5.74, 6) is 0. The van der Waals surface area contributed by atoms with Gasteiger partial charge in [-0.05, 0) is 50.5 Å². The van der Waals surface area contributed by atoms with Crippen molar-refractivity contribution in [1.29, 1.82) is 0 Å². The van der Waals surface area contributed by atoms with E-state index in [2.05, 4.69) is 19.2 Å². The maximum absolute atomic E-state index is 5.57. The molecule has 1 atom stereocenters. The van der Waals surface area contributed by atoms with Crippen molar-refractivity contribution in [3.05, 3.63) is 0 Å². The van der Waals surface area contributed by atoms with Crippen LogP contribution in [0.15, 0.2) is 0 Å². The van der Waals surface area contributed by atoms with Crippen molar-refractivity contribution in [2.45, 2.75) is 64.5 Å². The van der Waals surface area contributed by atoms with Crippen molar-refractivity contribution in [2.24, 2.45) is 11.1 Å². The van der Waals surface area contributed by atoms with E-state index in [-0.39, 0.29) is 0 Å². The number of ether oxygens (including phenoxy) is 1. The monoisotopic (exact) mass is 242 g/mol. The van der Waals surface area contributed by atoms with Crippen LogP contribution < -0.4 is 11.1 Å². The van der Waals surface area contributed by atoms with Gasteiger partial charge in [-0.15, -0.1) is 0 Å². The number of hydrogen-bond donors (Lipinski definition) is 2. The Hall–Kier alpha value is -0.120. The van der Waals surface area contributed by atoms with Crippen LogP contribution in [0, 0.1) is 5.41 Å². The summed E-state index contributed by atoms with van der Waals surface area (Å²) < 4.78 is 5.28. The summed E-state index contributed by atoms with van der Waals surface area (Å²) in [6.07, 6.45) is 7.48. The molecule has 17 heavy (non-hydrogen) atoms. The van der Waals surface area contributed by atoms with Gasteiger partial charge in [0.1, 0.15) is 0 Å². The molecule has 0 bridgehead atoms. The van der Waals surface area contributed by atoms with Gasteiger partial charge in [-0.2, -0.15) is 0 Å². The van der Waals surface area contributed by atoms with E-state index in [0.717, 1.165) is 26.0 Å². The highest BCUT2D eigenvalue weighted by Crippen LogP contribution is 2.35. The van der Waals surface area contributed by atoms with Crippen LogP contribution in [-0.4, -0.2) is 32.3 Å². The van der Waals surface area contributed by atoms with Crippen LogP contribution in [0.25, 0.3) is 0 Å². The minimum absolute atomic E-state index is 0.481. The summed E-state index contributed by atoms with van der Waals surface area (Å²) in [6, 6.07) is 1.16. The van der Waals surface area contributed by atoms with E-state index < -0.39 is 0 Å². The molecule has 3 heteroatoms. The van der Waals surface area contributed by atoms with Crippen LogP contribution >= 0.6 is 0 Å². The van der Waals surface area contributed by atoms with Crippen molar-refractivity contribution in [2.75, 3.05) is 20.3 Å². The first-order valence-electron chi connectivity index (χ1n) is 7.02.